The average molecular weight is 419 g/mol. The van der Waals surface area contributed by atoms with Gasteiger partial charge < -0.3 is 8.83 Å². The molecule has 0 aromatic carbocycles. The van der Waals surface area contributed by atoms with Crippen LogP contribution in [0.4, 0.5) is 0 Å². The largest absolute Gasteiger partial charge is 0.451 e. The smallest absolute Gasteiger partial charge is 0.181 e. The number of hydrogen-bond donors (Lipinski definition) is 1. The SMILES string of the molecule is CC(C)(C)S(=O)N=Cc1cocn1.CC(C)(C)S(N)=O.O=Cc1cocn1. The van der Waals surface area contributed by atoms with Crippen LogP contribution in [0, 0.1) is 0 Å². The van der Waals surface area contributed by atoms with Gasteiger partial charge in [0.15, 0.2) is 19.1 Å². The molecular formula is C16H26N4O5S2. The molecule has 2 aromatic rings. The number of oxazole rings is 2. The first-order chi connectivity index (χ1) is 12.4. The van der Waals surface area contributed by atoms with Crippen molar-refractivity contribution < 1.29 is 22.0 Å². The molecular weight excluding hydrogens is 392 g/mol. The van der Waals surface area contributed by atoms with E-state index in [0.717, 1.165) is 0 Å². The van der Waals surface area contributed by atoms with Gasteiger partial charge in [-0.2, -0.15) is 4.40 Å². The van der Waals surface area contributed by atoms with Crippen LogP contribution in [0.2, 0.25) is 0 Å². The highest BCUT2D eigenvalue weighted by molar-refractivity contribution is 7.85. The lowest BCUT2D eigenvalue weighted by atomic mass is 10.3. The minimum absolute atomic E-state index is 0.250. The zero-order chi connectivity index (χ0) is 21.1. The molecule has 0 bridgehead atoms. The molecule has 0 aliphatic heterocycles. The van der Waals surface area contributed by atoms with Gasteiger partial charge in [-0.05, 0) is 41.5 Å². The summed E-state index contributed by atoms with van der Waals surface area (Å²) in [6.07, 6.45) is 7.33. The summed E-state index contributed by atoms with van der Waals surface area (Å²) in [5, 5.41) is 5.04. The fourth-order valence-corrected chi connectivity index (χ4v) is 1.35. The van der Waals surface area contributed by atoms with Gasteiger partial charge in [-0.3, -0.25) is 9.93 Å². The first-order valence-corrected chi connectivity index (χ1v) is 10.0. The molecule has 9 nitrogen and oxygen atoms in total. The zero-order valence-corrected chi connectivity index (χ0v) is 17.9. The quantitative estimate of drug-likeness (QED) is 0.596. The van der Waals surface area contributed by atoms with Gasteiger partial charge in [0, 0.05) is 0 Å². The Morgan fingerprint density at radius 3 is 1.67 bits per heavy atom. The molecule has 2 N–H and O–H groups in total. The molecule has 0 spiro atoms. The maximum atomic E-state index is 11.4. The van der Waals surface area contributed by atoms with Crippen LogP contribution in [0.25, 0.3) is 0 Å². The molecule has 2 aromatic heterocycles. The van der Waals surface area contributed by atoms with Crippen molar-refractivity contribution in [2.45, 2.75) is 51.0 Å². The molecule has 2 unspecified atom stereocenters. The summed E-state index contributed by atoms with van der Waals surface area (Å²) in [5.41, 5.74) is 0.914. The van der Waals surface area contributed by atoms with Crippen LogP contribution in [0.5, 0.6) is 0 Å². The van der Waals surface area contributed by atoms with Gasteiger partial charge in [0.25, 0.3) is 0 Å². The van der Waals surface area contributed by atoms with Crippen molar-refractivity contribution in [1.82, 2.24) is 9.97 Å². The number of nitrogens with zero attached hydrogens (tertiary/aromatic N) is 3. The summed E-state index contributed by atoms with van der Waals surface area (Å²) in [6.45, 7) is 11.1. The molecule has 0 radical (unpaired) electrons. The van der Waals surface area contributed by atoms with Crippen LogP contribution < -0.4 is 5.14 Å². The Morgan fingerprint density at radius 1 is 0.963 bits per heavy atom. The van der Waals surface area contributed by atoms with E-state index in [0.29, 0.717) is 17.7 Å². The molecule has 152 valence electrons. The van der Waals surface area contributed by atoms with Crippen LogP contribution in [-0.2, 0) is 22.0 Å². The van der Waals surface area contributed by atoms with Crippen molar-refractivity contribution in [2.24, 2.45) is 9.54 Å². The third-order valence-corrected chi connectivity index (χ3v) is 4.98. The maximum Gasteiger partial charge on any atom is 0.181 e. The first kappa shape index (κ1) is 25.0. The minimum atomic E-state index is -1.23. The summed E-state index contributed by atoms with van der Waals surface area (Å²) in [5.74, 6) is 0. The highest BCUT2D eigenvalue weighted by atomic mass is 32.2. The number of carbonyl (C=O) groups is 1. The summed E-state index contributed by atoms with van der Waals surface area (Å²) >= 11 is 0. The Kier molecular flexibility index (Phi) is 10.8. The van der Waals surface area contributed by atoms with E-state index >= 15 is 0 Å². The van der Waals surface area contributed by atoms with Crippen molar-refractivity contribution in [3.63, 3.8) is 0 Å². The molecule has 0 saturated carbocycles. The fraction of sp³-hybridized carbons (Fsp3) is 0.500. The van der Waals surface area contributed by atoms with E-state index in [1.54, 1.807) is 0 Å². The molecule has 2 heterocycles. The number of hydrogen-bond acceptors (Lipinski definition) is 7. The molecule has 0 aliphatic carbocycles. The normalized spacial score (nSPS) is 13.7. The van der Waals surface area contributed by atoms with E-state index in [1.165, 1.54) is 31.5 Å². The molecule has 11 heteroatoms. The number of carbonyl (C=O) groups excluding carboxylic acids is 1. The second-order valence-corrected chi connectivity index (χ2v) is 10.7. The van der Waals surface area contributed by atoms with Crippen molar-refractivity contribution in [3.05, 3.63) is 36.7 Å². The molecule has 0 aliphatic rings. The second kappa shape index (κ2) is 11.7. The number of nitrogens with two attached hydrogens (primary N) is 1. The van der Waals surface area contributed by atoms with Crippen molar-refractivity contribution in [2.75, 3.05) is 0 Å². The van der Waals surface area contributed by atoms with Gasteiger partial charge in [0.2, 0.25) is 0 Å². The molecule has 0 amide bonds. The Hall–Kier alpha value is -1.98. The van der Waals surface area contributed by atoms with E-state index in [1.807, 2.05) is 41.5 Å². The van der Waals surface area contributed by atoms with Gasteiger partial charge >= 0.3 is 0 Å². The minimum Gasteiger partial charge on any atom is -0.451 e. The Bertz CT molecular complexity index is 730. The highest BCUT2D eigenvalue weighted by Gasteiger charge is 2.18. The zero-order valence-electron chi connectivity index (χ0n) is 16.2. The summed E-state index contributed by atoms with van der Waals surface area (Å²) in [4.78, 5) is 17.1. The average Bonchev–Trinajstić information content (AvgIpc) is 3.25. The molecule has 0 fully saturated rings. The molecule has 2 atom stereocenters. The second-order valence-electron chi connectivity index (χ2n) is 6.95. The van der Waals surface area contributed by atoms with E-state index in [4.69, 9.17) is 9.56 Å². The third kappa shape index (κ3) is 12.1. The topological polar surface area (TPSA) is 142 Å². The van der Waals surface area contributed by atoms with Crippen LogP contribution in [0.3, 0.4) is 0 Å². The van der Waals surface area contributed by atoms with Gasteiger partial charge in [0.1, 0.15) is 34.9 Å². The summed E-state index contributed by atoms with van der Waals surface area (Å²) < 4.78 is 34.2. The lowest BCUT2D eigenvalue weighted by Gasteiger charge is -2.12. The van der Waals surface area contributed by atoms with E-state index < -0.39 is 22.0 Å². The van der Waals surface area contributed by atoms with Crippen LogP contribution in [0.15, 0.2) is 38.5 Å². The third-order valence-electron chi connectivity index (χ3n) is 2.43. The van der Waals surface area contributed by atoms with Crippen molar-refractivity contribution >= 4 is 34.5 Å². The van der Waals surface area contributed by atoms with Gasteiger partial charge in [-0.1, -0.05) is 0 Å². The van der Waals surface area contributed by atoms with Crippen molar-refractivity contribution in [1.29, 1.82) is 0 Å². The van der Waals surface area contributed by atoms with Crippen LogP contribution >= 0.6 is 0 Å². The monoisotopic (exact) mass is 418 g/mol. The van der Waals surface area contributed by atoms with Crippen molar-refractivity contribution in [3.8, 4) is 0 Å². The molecule has 27 heavy (non-hydrogen) atoms. The standard InChI is InChI=1S/C8H12N2O2S.C4H3NO2.C4H11NOS/c1-8(2,3)13(11)10-4-7-5-12-6-9-7;6-1-4-2-7-3-5-4;1-4(2,3)7(5)6/h4-6H,1-3H3;1-3H;5H2,1-3H3. The van der Waals surface area contributed by atoms with Crippen LogP contribution in [0.1, 0.15) is 57.7 Å². The van der Waals surface area contributed by atoms with E-state index in [-0.39, 0.29) is 9.49 Å². The number of aromatic nitrogens is 2. The van der Waals surface area contributed by atoms with Gasteiger partial charge in [-0.15, -0.1) is 0 Å². The highest BCUT2D eigenvalue weighted by Crippen LogP contribution is 2.11. The summed E-state index contributed by atoms with van der Waals surface area (Å²) in [6, 6.07) is 0. The lowest BCUT2D eigenvalue weighted by molar-refractivity contribution is 0.111. The predicted molar refractivity (Wildman–Crippen MR) is 106 cm³/mol. The molecule has 0 saturated heterocycles. The number of aldehydes is 1. The van der Waals surface area contributed by atoms with Gasteiger partial charge in [-0.25, -0.2) is 18.4 Å². The Morgan fingerprint density at radius 2 is 1.41 bits per heavy atom. The van der Waals surface area contributed by atoms with E-state index in [2.05, 4.69) is 18.8 Å². The number of rotatable bonds is 3. The Balaban J connectivity index is 0.000000410. The molecule has 2 rings (SSSR count). The lowest BCUT2D eigenvalue weighted by Crippen LogP contribution is -2.27. The predicted octanol–water partition coefficient (Wildman–Crippen LogP) is 2.45. The summed E-state index contributed by atoms with van der Waals surface area (Å²) in [7, 11) is -2.42. The Labute approximate surface area is 164 Å². The van der Waals surface area contributed by atoms with E-state index in [9.17, 15) is 13.2 Å². The first-order valence-electron chi connectivity index (χ1n) is 7.71. The maximum absolute atomic E-state index is 11.4. The van der Waals surface area contributed by atoms with Crippen LogP contribution in [-0.4, -0.2) is 40.4 Å². The van der Waals surface area contributed by atoms with Gasteiger partial charge in [0.05, 0.1) is 26.7 Å². The fourth-order valence-electron chi connectivity index (χ4n) is 0.826.